The Morgan fingerprint density at radius 1 is 1.12 bits per heavy atom. The molecule has 0 aliphatic carbocycles. The van der Waals surface area contributed by atoms with Gasteiger partial charge >= 0.3 is 0 Å². The molecule has 1 aromatic carbocycles. The predicted molar refractivity (Wildman–Crippen MR) is 94.3 cm³/mol. The molecule has 0 radical (unpaired) electrons. The van der Waals surface area contributed by atoms with Gasteiger partial charge in [0.25, 0.3) is 10.0 Å². The summed E-state index contributed by atoms with van der Waals surface area (Å²) in [7, 11) is -3.72. The van der Waals surface area contributed by atoms with Crippen LogP contribution in [0.3, 0.4) is 0 Å². The van der Waals surface area contributed by atoms with E-state index in [1.165, 1.54) is 25.2 Å². The molecule has 1 aromatic heterocycles. The van der Waals surface area contributed by atoms with E-state index in [-0.39, 0.29) is 10.8 Å². The zero-order valence-electron chi connectivity index (χ0n) is 13.5. The Kier molecular flexibility index (Phi) is 4.57. The third kappa shape index (κ3) is 3.76. The topological polar surface area (TPSA) is 101 Å². The van der Waals surface area contributed by atoms with Gasteiger partial charge in [0.2, 0.25) is 5.95 Å². The number of sulfonamides is 1. The maximum Gasteiger partial charge on any atom is 0.264 e. The number of piperidine rings is 1. The zero-order chi connectivity index (χ0) is 17.2. The highest BCUT2D eigenvalue weighted by Gasteiger charge is 2.17. The van der Waals surface area contributed by atoms with E-state index >= 15 is 0 Å². The molecule has 1 aliphatic heterocycles. The van der Waals surface area contributed by atoms with Crippen molar-refractivity contribution < 1.29 is 8.42 Å². The Morgan fingerprint density at radius 3 is 2.29 bits per heavy atom. The number of benzene rings is 1. The van der Waals surface area contributed by atoms with Gasteiger partial charge in [-0.15, -0.1) is 0 Å². The SMILES string of the molecule is CC1CCN(c2ccc(NS(=O)(=O)c3cnc(N)nc3)cc2)CC1. The molecule has 24 heavy (non-hydrogen) atoms. The van der Waals surface area contributed by atoms with Crippen LogP contribution in [-0.4, -0.2) is 31.5 Å². The van der Waals surface area contributed by atoms with Gasteiger partial charge in [-0.1, -0.05) is 6.92 Å². The number of nitrogens with one attached hydrogen (secondary N) is 1. The van der Waals surface area contributed by atoms with E-state index in [2.05, 4.69) is 26.5 Å². The third-order valence-corrected chi connectivity index (χ3v) is 5.56. The fourth-order valence-electron chi connectivity index (χ4n) is 2.69. The van der Waals surface area contributed by atoms with Gasteiger partial charge in [-0.25, -0.2) is 18.4 Å². The first kappa shape index (κ1) is 16.5. The van der Waals surface area contributed by atoms with E-state index in [4.69, 9.17) is 5.73 Å². The number of hydrogen-bond donors (Lipinski definition) is 2. The molecule has 0 spiro atoms. The Hall–Kier alpha value is -2.35. The molecular weight excluding hydrogens is 326 g/mol. The Bertz CT molecular complexity index is 782. The van der Waals surface area contributed by atoms with E-state index in [0.717, 1.165) is 24.7 Å². The first-order valence-corrected chi connectivity index (χ1v) is 9.38. The summed E-state index contributed by atoms with van der Waals surface area (Å²) in [5.74, 6) is 0.809. The first-order chi connectivity index (χ1) is 11.4. The number of nitrogens with two attached hydrogens (primary N) is 1. The van der Waals surface area contributed by atoms with E-state index < -0.39 is 10.0 Å². The van der Waals surface area contributed by atoms with Gasteiger partial charge in [-0.05, 0) is 43.0 Å². The minimum atomic E-state index is -3.72. The van der Waals surface area contributed by atoms with Crippen molar-refractivity contribution in [3.05, 3.63) is 36.7 Å². The van der Waals surface area contributed by atoms with Crippen LogP contribution in [0.15, 0.2) is 41.6 Å². The molecule has 0 bridgehead atoms. The van der Waals surface area contributed by atoms with Crippen LogP contribution in [-0.2, 0) is 10.0 Å². The molecular formula is C16H21N5O2S. The van der Waals surface area contributed by atoms with Crippen molar-refractivity contribution in [3.63, 3.8) is 0 Å². The molecule has 1 saturated heterocycles. The van der Waals surface area contributed by atoms with Gasteiger partial charge in [-0.3, -0.25) is 4.72 Å². The Balaban J connectivity index is 1.70. The van der Waals surface area contributed by atoms with Gasteiger partial charge in [-0.2, -0.15) is 0 Å². The van der Waals surface area contributed by atoms with Crippen LogP contribution in [0.2, 0.25) is 0 Å². The minimum absolute atomic E-state index is 0.0224. The number of nitrogens with zero attached hydrogens (tertiary/aromatic N) is 3. The van der Waals surface area contributed by atoms with E-state index in [1.54, 1.807) is 12.1 Å². The van der Waals surface area contributed by atoms with Crippen LogP contribution in [0.1, 0.15) is 19.8 Å². The average molecular weight is 347 g/mol. The quantitative estimate of drug-likeness (QED) is 0.878. The van der Waals surface area contributed by atoms with Gasteiger partial charge < -0.3 is 10.6 Å². The third-order valence-electron chi connectivity index (χ3n) is 4.23. The number of rotatable bonds is 4. The second-order valence-electron chi connectivity index (χ2n) is 6.10. The van der Waals surface area contributed by atoms with Gasteiger partial charge in [0, 0.05) is 24.5 Å². The molecule has 0 saturated carbocycles. The highest BCUT2D eigenvalue weighted by molar-refractivity contribution is 7.92. The standard InChI is InChI=1S/C16H21N5O2S/c1-12-6-8-21(9-7-12)14-4-2-13(3-5-14)20-24(22,23)15-10-18-16(17)19-11-15/h2-5,10-12,20H,6-9H2,1H3,(H2,17,18,19). The number of aromatic nitrogens is 2. The molecule has 1 fully saturated rings. The number of hydrogen-bond acceptors (Lipinski definition) is 6. The van der Waals surface area contributed by atoms with Crippen molar-refractivity contribution in [2.45, 2.75) is 24.7 Å². The molecule has 2 aromatic rings. The molecule has 0 atom stereocenters. The normalized spacial score (nSPS) is 16.1. The van der Waals surface area contributed by atoms with Crippen molar-refractivity contribution >= 4 is 27.3 Å². The molecule has 128 valence electrons. The lowest BCUT2D eigenvalue weighted by atomic mass is 9.99. The van der Waals surface area contributed by atoms with Crippen molar-refractivity contribution in [2.75, 3.05) is 28.4 Å². The lowest BCUT2D eigenvalue weighted by Crippen LogP contribution is -2.32. The summed E-state index contributed by atoms with van der Waals surface area (Å²) < 4.78 is 27.1. The van der Waals surface area contributed by atoms with Crippen molar-refractivity contribution in [1.82, 2.24) is 9.97 Å². The second-order valence-corrected chi connectivity index (χ2v) is 7.78. The van der Waals surface area contributed by atoms with Crippen molar-refractivity contribution in [2.24, 2.45) is 5.92 Å². The van der Waals surface area contributed by atoms with Crippen molar-refractivity contribution in [1.29, 1.82) is 0 Å². The largest absolute Gasteiger partial charge is 0.372 e. The minimum Gasteiger partial charge on any atom is -0.372 e. The fourth-order valence-corrected chi connectivity index (χ4v) is 3.63. The van der Waals surface area contributed by atoms with Crippen LogP contribution in [0.25, 0.3) is 0 Å². The van der Waals surface area contributed by atoms with Gasteiger partial charge in [0.05, 0.1) is 12.4 Å². The molecule has 0 amide bonds. The molecule has 2 heterocycles. The summed E-state index contributed by atoms with van der Waals surface area (Å²) in [5, 5.41) is 0. The summed E-state index contributed by atoms with van der Waals surface area (Å²) in [6.07, 6.45) is 4.75. The average Bonchev–Trinajstić information content (AvgIpc) is 2.56. The maximum absolute atomic E-state index is 12.3. The number of nitrogen functional groups attached to an aromatic ring is 1. The summed E-state index contributed by atoms with van der Waals surface area (Å²) in [6, 6.07) is 7.41. The van der Waals surface area contributed by atoms with Crippen LogP contribution in [0.5, 0.6) is 0 Å². The van der Waals surface area contributed by atoms with E-state index in [1.807, 2.05) is 12.1 Å². The van der Waals surface area contributed by atoms with Gasteiger partial charge in [0.15, 0.2) is 0 Å². The Labute approximate surface area is 142 Å². The second kappa shape index (κ2) is 6.64. The van der Waals surface area contributed by atoms with Gasteiger partial charge in [0.1, 0.15) is 4.90 Å². The summed E-state index contributed by atoms with van der Waals surface area (Å²) >= 11 is 0. The monoisotopic (exact) mass is 347 g/mol. The predicted octanol–water partition coefficient (Wildman–Crippen LogP) is 2.10. The summed E-state index contributed by atoms with van der Waals surface area (Å²) in [6.45, 7) is 4.35. The fraction of sp³-hybridized carbons (Fsp3) is 0.375. The molecule has 3 N–H and O–H groups in total. The van der Waals surface area contributed by atoms with E-state index in [0.29, 0.717) is 5.69 Å². The van der Waals surface area contributed by atoms with Crippen LogP contribution < -0.4 is 15.4 Å². The molecule has 7 nitrogen and oxygen atoms in total. The molecule has 1 aliphatic rings. The smallest absolute Gasteiger partial charge is 0.264 e. The number of anilines is 3. The maximum atomic E-state index is 12.3. The molecule has 3 rings (SSSR count). The van der Waals surface area contributed by atoms with Crippen LogP contribution in [0.4, 0.5) is 17.3 Å². The summed E-state index contributed by atoms with van der Waals surface area (Å²) in [5.41, 5.74) is 6.99. The van der Waals surface area contributed by atoms with Crippen LogP contribution in [0, 0.1) is 5.92 Å². The zero-order valence-corrected chi connectivity index (χ0v) is 14.3. The summed E-state index contributed by atoms with van der Waals surface area (Å²) in [4.78, 5) is 9.72. The van der Waals surface area contributed by atoms with Crippen molar-refractivity contribution in [3.8, 4) is 0 Å². The Morgan fingerprint density at radius 2 is 1.71 bits per heavy atom. The highest BCUT2D eigenvalue weighted by atomic mass is 32.2. The molecule has 8 heteroatoms. The lowest BCUT2D eigenvalue weighted by Gasteiger charge is -2.32. The highest BCUT2D eigenvalue weighted by Crippen LogP contribution is 2.25. The molecule has 0 unspecified atom stereocenters. The van der Waals surface area contributed by atoms with E-state index in [9.17, 15) is 8.42 Å². The van der Waals surface area contributed by atoms with Crippen LogP contribution >= 0.6 is 0 Å². The lowest BCUT2D eigenvalue weighted by molar-refractivity contribution is 0.438. The first-order valence-electron chi connectivity index (χ1n) is 7.89.